The molecule has 0 atom stereocenters. The van der Waals surface area contributed by atoms with Gasteiger partial charge in [-0.15, -0.1) is 0 Å². The van der Waals surface area contributed by atoms with E-state index >= 15 is 0 Å². The lowest BCUT2D eigenvalue weighted by atomic mass is 10.3. The minimum atomic E-state index is -1.02. The molecule has 0 aliphatic rings. The quantitative estimate of drug-likeness (QED) is 0.882. The summed E-state index contributed by atoms with van der Waals surface area (Å²) >= 11 is 6.72. The predicted molar refractivity (Wildman–Crippen MR) is 66.8 cm³/mol. The maximum atomic E-state index is 13.8. The van der Waals surface area contributed by atoms with E-state index in [0.717, 1.165) is 17.8 Å². The number of aromatic nitrogens is 2. The largest absolute Gasteiger partial charge is 0.481 e. The minimum absolute atomic E-state index is 0.0616. The first kappa shape index (κ1) is 13.8. The van der Waals surface area contributed by atoms with Gasteiger partial charge in [-0.25, -0.2) is 13.8 Å². The maximum absolute atomic E-state index is 13.8. The Balaban J connectivity index is 2.43. The number of carbonyl (C=O) groups is 1. The van der Waals surface area contributed by atoms with E-state index < -0.39 is 17.6 Å². The van der Waals surface area contributed by atoms with Crippen LogP contribution in [0.2, 0.25) is 5.02 Å². The van der Waals surface area contributed by atoms with Crippen molar-refractivity contribution < 1.29 is 18.7 Å². The van der Waals surface area contributed by atoms with Crippen LogP contribution in [0.25, 0.3) is 5.69 Å². The smallest absolute Gasteiger partial charge is 0.313 e. The van der Waals surface area contributed by atoms with Gasteiger partial charge in [-0.2, -0.15) is 0 Å². The molecule has 0 bridgehead atoms. The van der Waals surface area contributed by atoms with Gasteiger partial charge in [0.2, 0.25) is 0 Å². The first-order valence-electron chi connectivity index (χ1n) is 5.02. The Morgan fingerprint density at radius 2 is 2.21 bits per heavy atom. The summed E-state index contributed by atoms with van der Waals surface area (Å²) < 4.78 is 28.0. The standard InChI is InChI=1S/C11H7ClF2N2O2S/c12-7-3-6(13)4-8(14)10(7)16-2-1-15-11(16)19-5-9(17)18/h1-4H,5H2,(H,17,18). The summed E-state index contributed by atoms with van der Waals surface area (Å²) in [5, 5.41) is 8.75. The van der Waals surface area contributed by atoms with E-state index in [1.165, 1.54) is 17.0 Å². The van der Waals surface area contributed by atoms with Crippen LogP contribution in [-0.4, -0.2) is 26.4 Å². The number of hydrogen-bond acceptors (Lipinski definition) is 3. The van der Waals surface area contributed by atoms with Gasteiger partial charge < -0.3 is 5.11 Å². The predicted octanol–water partition coefficient (Wildman–Crippen LogP) is 2.98. The summed E-state index contributed by atoms with van der Waals surface area (Å²) in [4.78, 5) is 14.4. The number of aliphatic carboxylic acids is 1. The van der Waals surface area contributed by atoms with Crippen LogP contribution in [0.15, 0.2) is 29.7 Å². The maximum Gasteiger partial charge on any atom is 0.313 e. The molecular formula is C11H7ClF2N2O2S. The SMILES string of the molecule is O=C(O)CSc1nccn1-c1c(F)cc(F)cc1Cl. The van der Waals surface area contributed by atoms with E-state index in [1.54, 1.807) is 0 Å². The van der Waals surface area contributed by atoms with Gasteiger partial charge in [0.05, 0.1) is 10.8 Å². The number of carboxylic acid groups (broad SMARTS) is 1. The fraction of sp³-hybridized carbons (Fsp3) is 0.0909. The van der Waals surface area contributed by atoms with Gasteiger partial charge in [0.15, 0.2) is 11.0 Å². The molecule has 0 spiro atoms. The molecule has 0 fully saturated rings. The molecule has 4 nitrogen and oxygen atoms in total. The Kier molecular flexibility index (Phi) is 4.06. The lowest BCUT2D eigenvalue weighted by Gasteiger charge is -2.10. The molecule has 1 aromatic carbocycles. The molecule has 0 amide bonds. The summed E-state index contributed by atoms with van der Waals surface area (Å²) in [5.41, 5.74) is -0.0616. The molecule has 0 saturated carbocycles. The molecule has 100 valence electrons. The third kappa shape index (κ3) is 3.05. The van der Waals surface area contributed by atoms with Gasteiger partial charge >= 0.3 is 5.97 Å². The lowest BCUT2D eigenvalue weighted by Crippen LogP contribution is -2.03. The van der Waals surface area contributed by atoms with Crippen molar-refractivity contribution in [3.63, 3.8) is 0 Å². The number of halogens is 3. The van der Waals surface area contributed by atoms with Gasteiger partial charge in [0, 0.05) is 18.5 Å². The number of imidazole rings is 1. The van der Waals surface area contributed by atoms with Crippen molar-refractivity contribution in [1.82, 2.24) is 9.55 Å². The van der Waals surface area contributed by atoms with E-state index in [9.17, 15) is 13.6 Å². The van der Waals surface area contributed by atoms with Gasteiger partial charge in [0.25, 0.3) is 0 Å². The van der Waals surface area contributed by atoms with Crippen LogP contribution in [0, 0.1) is 11.6 Å². The molecule has 19 heavy (non-hydrogen) atoms. The van der Waals surface area contributed by atoms with Crippen LogP contribution in [0.5, 0.6) is 0 Å². The zero-order chi connectivity index (χ0) is 14.0. The number of hydrogen-bond donors (Lipinski definition) is 1. The molecule has 1 N–H and O–H groups in total. The molecule has 0 aliphatic heterocycles. The van der Waals surface area contributed by atoms with Crippen LogP contribution in [0.4, 0.5) is 8.78 Å². The second-order valence-electron chi connectivity index (χ2n) is 3.48. The summed E-state index contributed by atoms with van der Waals surface area (Å²) in [6, 6.07) is 1.68. The first-order chi connectivity index (χ1) is 8.99. The topological polar surface area (TPSA) is 55.1 Å². The minimum Gasteiger partial charge on any atom is -0.481 e. The normalized spacial score (nSPS) is 10.7. The van der Waals surface area contributed by atoms with E-state index in [0.29, 0.717) is 6.07 Å². The molecule has 0 unspecified atom stereocenters. The Morgan fingerprint density at radius 1 is 1.47 bits per heavy atom. The van der Waals surface area contributed by atoms with Gasteiger partial charge in [-0.05, 0) is 6.07 Å². The van der Waals surface area contributed by atoms with Crippen molar-refractivity contribution in [3.05, 3.63) is 41.2 Å². The molecule has 0 aliphatic carbocycles. The van der Waals surface area contributed by atoms with Crippen molar-refractivity contribution in [2.75, 3.05) is 5.75 Å². The molecule has 1 aromatic heterocycles. The highest BCUT2D eigenvalue weighted by atomic mass is 35.5. The summed E-state index contributed by atoms with van der Waals surface area (Å²) in [5.74, 6) is -2.88. The highest BCUT2D eigenvalue weighted by molar-refractivity contribution is 7.99. The lowest BCUT2D eigenvalue weighted by molar-refractivity contribution is -0.133. The van der Waals surface area contributed by atoms with Crippen molar-refractivity contribution >= 4 is 29.3 Å². The second-order valence-corrected chi connectivity index (χ2v) is 4.83. The van der Waals surface area contributed by atoms with Crippen LogP contribution in [0.3, 0.4) is 0 Å². The average molecular weight is 305 g/mol. The summed E-state index contributed by atoms with van der Waals surface area (Å²) in [6.45, 7) is 0. The number of thioether (sulfide) groups is 1. The fourth-order valence-electron chi connectivity index (χ4n) is 1.46. The fourth-order valence-corrected chi connectivity index (χ4v) is 2.42. The molecule has 1 heterocycles. The summed E-state index contributed by atoms with van der Waals surface area (Å²) in [6.07, 6.45) is 2.80. The number of rotatable bonds is 4. The Labute approximate surface area is 116 Å². The van der Waals surface area contributed by atoms with E-state index in [2.05, 4.69) is 4.98 Å². The Hall–Kier alpha value is -1.60. The van der Waals surface area contributed by atoms with Crippen LogP contribution in [0.1, 0.15) is 0 Å². The zero-order valence-electron chi connectivity index (χ0n) is 9.31. The third-order valence-electron chi connectivity index (χ3n) is 2.15. The highest BCUT2D eigenvalue weighted by Gasteiger charge is 2.16. The number of carboxylic acids is 1. The monoisotopic (exact) mass is 304 g/mol. The van der Waals surface area contributed by atoms with Crippen LogP contribution < -0.4 is 0 Å². The van der Waals surface area contributed by atoms with Gasteiger partial charge in [-0.3, -0.25) is 9.36 Å². The number of nitrogens with zero attached hydrogens (tertiary/aromatic N) is 2. The van der Waals surface area contributed by atoms with Crippen molar-refractivity contribution in [2.24, 2.45) is 0 Å². The highest BCUT2D eigenvalue weighted by Crippen LogP contribution is 2.28. The van der Waals surface area contributed by atoms with Crippen molar-refractivity contribution in [1.29, 1.82) is 0 Å². The Morgan fingerprint density at radius 3 is 2.84 bits per heavy atom. The molecular weight excluding hydrogens is 298 g/mol. The van der Waals surface area contributed by atoms with Crippen molar-refractivity contribution in [3.8, 4) is 5.69 Å². The van der Waals surface area contributed by atoms with Crippen LogP contribution >= 0.6 is 23.4 Å². The second kappa shape index (κ2) is 5.58. The first-order valence-corrected chi connectivity index (χ1v) is 6.38. The van der Waals surface area contributed by atoms with Crippen molar-refractivity contribution in [2.45, 2.75) is 5.16 Å². The van der Waals surface area contributed by atoms with Gasteiger partial charge in [-0.1, -0.05) is 23.4 Å². The van der Waals surface area contributed by atoms with Gasteiger partial charge in [0.1, 0.15) is 11.5 Å². The Bertz CT molecular complexity index is 610. The number of benzene rings is 1. The van der Waals surface area contributed by atoms with E-state index in [-0.39, 0.29) is 21.6 Å². The zero-order valence-corrected chi connectivity index (χ0v) is 10.9. The van der Waals surface area contributed by atoms with E-state index in [1.807, 2.05) is 0 Å². The molecule has 8 heteroatoms. The van der Waals surface area contributed by atoms with Crippen LogP contribution in [-0.2, 0) is 4.79 Å². The third-order valence-corrected chi connectivity index (χ3v) is 3.39. The average Bonchev–Trinajstić information content (AvgIpc) is 2.73. The molecule has 2 rings (SSSR count). The molecule has 0 radical (unpaired) electrons. The molecule has 0 saturated heterocycles. The molecule has 2 aromatic rings. The summed E-state index contributed by atoms with van der Waals surface area (Å²) in [7, 11) is 0. The van der Waals surface area contributed by atoms with E-state index in [4.69, 9.17) is 16.7 Å².